The van der Waals surface area contributed by atoms with Crippen LogP contribution >= 0.6 is 11.3 Å². The summed E-state index contributed by atoms with van der Waals surface area (Å²) in [6.07, 6.45) is 6.42. The van der Waals surface area contributed by atoms with Gasteiger partial charge in [0.1, 0.15) is 6.61 Å². The van der Waals surface area contributed by atoms with E-state index in [9.17, 15) is 9.59 Å². The van der Waals surface area contributed by atoms with Crippen LogP contribution < -0.4 is 5.56 Å². The monoisotopic (exact) mass is 321 g/mol. The first kappa shape index (κ1) is 15.1. The van der Waals surface area contributed by atoms with E-state index in [0.717, 1.165) is 6.42 Å². The third kappa shape index (κ3) is 3.52. The van der Waals surface area contributed by atoms with Crippen molar-refractivity contribution in [3.8, 4) is 0 Å². The molecule has 118 valence electrons. The van der Waals surface area contributed by atoms with Gasteiger partial charge in [-0.15, -0.1) is 0 Å². The molecule has 0 radical (unpaired) electrons. The lowest BCUT2D eigenvalue weighted by Gasteiger charge is -2.07. The SMILES string of the molecule is Cc1cc(=O)n2nc(COC(=O)CCC3CCCC3)sc2n1. The Labute approximate surface area is 132 Å². The summed E-state index contributed by atoms with van der Waals surface area (Å²) >= 11 is 1.27. The molecule has 0 aliphatic heterocycles. The van der Waals surface area contributed by atoms with E-state index in [1.807, 2.05) is 0 Å². The fourth-order valence-electron chi connectivity index (χ4n) is 2.85. The highest BCUT2D eigenvalue weighted by molar-refractivity contribution is 7.16. The largest absolute Gasteiger partial charge is 0.458 e. The fourth-order valence-corrected chi connectivity index (χ4v) is 3.71. The molecule has 0 aromatic carbocycles. The Bertz CT molecular complexity index is 731. The zero-order valence-corrected chi connectivity index (χ0v) is 13.4. The van der Waals surface area contributed by atoms with Crippen LogP contribution in [0.5, 0.6) is 0 Å². The molecule has 6 nitrogen and oxygen atoms in total. The molecule has 7 heteroatoms. The van der Waals surface area contributed by atoms with Crippen molar-refractivity contribution in [3.63, 3.8) is 0 Å². The average molecular weight is 321 g/mol. The number of hydrogen-bond acceptors (Lipinski definition) is 6. The van der Waals surface area contributed by atoms with E-state index in [1.54, 1.807) is 6.92 Å². The van der Waals surface area contributed by atoms with Gasteiger partial charge < -0.3 is 4.74 Å². The minimum Gasteiger partial charge on any atom is -0.458 e. The number of carbonyl (C=O) groups is 1. The van der Waals surface area contributed by atoms with E-state index in [2.05, 4.69) is 10.1 Å². The standard InChI is InChI=1S/C15H19N3O3S/c1-10-8-13(19)18-15(16-10)22-12(17-18)9-21-14(20)7-6-11-4-2-3-5-11/h8,11H,2-7,9H2,1H3. The van der Waals surface area contributed by atoms with Gasteiger partial charge in [0.25, 0.3) is 5.56 Å². The Hall–Kier alpha value is -1.76. The molecule has 1 saturated carbocycles. The van der Waals surface area contributed by atoms with Gasteiger partial charge in [-0.25, -0.2) is 4.98 Å². The summed E-state index contributed by atoms with van der Waals surface area (Å²) in [4.78, 5) is 28.3. The lowest BCUT2D eigenvalue weighted by atomic mass is 10.0. The third-order valence-electron chi connectivity index (χ3n) is 4.00. The number of ether oxygens (including phenoxy) is 1. The summed E-state index contributed by atoms with van der Waals surface area (Å²) in [6, 6.07) is 1.43. The quantitative estimate of drug-likeness (QED) is 0.791. The number of aromatic nitrogens is 3. The van der Waals surface area contributed by atoms with E-state index < -0.39 is 0 Å². The van der Waals surface area contributed by atoms with E-state index in [4.69, 9.17) is 4.74 Å². The smallest absolute Gasteiger partial charge is 0.306 e. The van der Waals surface area contributed by atoms with Gasteiger partial charge in [-0.3, -0.25) is 9.59 Å². The second kappa shape index (κ2) is 6.56. The van der Waals surface area contributed by atoms with Crippen LogP contribution in [-0.2, 0) is 16.1 Å². The molecule has 22 heavy (non-hydrogen) atoms. The van der Waals surface area contributed by atoms with Gasteiger partial charge in [0, 0.05) is 18.2 Å². The van der Waals surface area contributed by atoms with E-state index in [0.29, 0.717) is 28.0 Å². The summed E-state index contributed by atoms with van der Waals surface area (Å²) < 4.78 is 6.50. The van der Waals surface area contributed by atoms with Crippen LogP contribution in [0.3, 0.4) is 0 Å². The van der Waals surface area contributed by atoms with Crippen molar-refractivity contribution < 1.29 is 9.53 Å². The minimum absolute atomic E-state index is 0.107. The number of carbonyl (C=O) groups excluding carboxylic acids is 1. The molecule has 1 aliphatic carbocycles. The lowest BCUT2D eigenvalue weighted by Crippen LogP contribution is -2.14. The summed E-state index contributed by atoms with van der Waals surface area (Å²) in [7, 11) is 0. The second-order valence-electron chi connectivity index (χ2n) is 5.78. The molecule has 0 spiro atoms. The normalized spacial score (nSPS) is 15.5. The van der Waals surface area contributed by atoms with Gasteiger partial charge >= 0.3 is 5.97 Å². The van der Waals surface area contributed by atoms with Crippen molar-refractivity contribution in [1.82, 2.24) is 14.6 Å². The molecule has 1 fully saturated rings. The van der Waals surface area contributed by atoms with Crippen molar-refractivity contribution in [3.05, 3.63) is 27.1 Å². The van der Waals surface area contributed by atoms with Crippen LogP contribution in [-0.4, -0.2) is 20.6 Å². The Balaban J connectivity index is 1.55. The number of rotatable bonds is 5. The maximum atomic E-state index is 11.8. The number of esters is 1. The van der Waals surface area contributed by atoms with Crippen molar-refractivity contribution >= 4 is 22.3 Å². The number of hydrogen-bond donors (Lipinski definition) is 0. The molecule has 2 aromatic rings. The van der Waals surface area contributed by atoms with E-state index >= 15 is 0 Å². The summed E-state index contributed by atoms with van der Waals surface area (Å²) in [6.45, 7) is 1.87. The first-order valence-electron chi connectivity index (χ1n) is 7.64. The van der Waals surface area contributed by atoms with Crippen molar-refractivity contribution in [1.29, 1.82) is 0 Å². The lowest BCUT2D eigenvalue weighted by molar-refractivity contribution is -0.145. The van der Waals surface area contributed by atoms with Gasteiger partial charge in [0.05, 0.1) is 0 Å². The summed E-state index contributed by atoms with van der Waals surface area (Å²) in [5.41, 5.74) is 0.450. The maximum absolute atomic E-state index is 11.8. The number of aryl methyl sites for hydroxylation is 1. The predicted molar refractivity (Wildman–Crippen MR) is 82.9 cm³/mol. The molecular weight excluding hydrogens is 302 g/mol. The van der Waals surface area contributed by atoms with Gasteiger partial charge in [-0.05, 0) is 19.3 Å². The van der Waals surface area contributed by atoms with Crippen molar-refractivity contribution in [2.75, 3.05) is 0 Å². The van der Waals surface area contributed by atoms with Crippen LogP contribution in [0.1, 0.15) is 49.2 Å². The molecule has 0 amide bonds. The van der Waals surface area contributed by atoms with Crippen LogP contribution in [0, 0.1) is 12.8 Å². The highest BCUT2D eigenvalue weighted by atomic mass is 32.1. The van der Waals surface area contributed by atoms with Crippen LogP contribution in [0.4, 0.5) is 0 Å². The molecule has 0 N–H and O–H groups in total. The first-order valence-corrected chi connectivity index (χ1v) is 8.45. The van der Waals surface area contributed by atoms with Gasteiger partial charge in [-0.1, -0.05) is 37.0 Å². The number of nitrogens with zero attached hydrogens (tertiary/aromatic N) is 3. The van der Waals surface area contributed by atoms with E-state index in [1.165, 1.54) is 47.6 Å². The van der Waals surface area contributed by atoms with Crippen LogP contribution in [0.2, 0.25) is 0 Å². The second-order valence-corrected chi connectivity index (χ2v) is 6.82. The Kier molecular flexibility index (Phi) is 4.52. The fraction of sp³-hybridized carbons (Fsp3) is 0.600. The zero-order chi connectivity index (χ0) is 15.5. The Morgan fingerprint density at radius 2 is 2.23 bits per heavy atom. The third-order valence-corrected chi connectivity index (χ3v) is 4.88. The zero-order valence-electron chi connectivity index (χ0n) is 12.6. The molecule has 2 heterocycles. The molecule has 0 unspecified atom stereocenters. The first-order chi connectivity index (χ1) is 10.6. The highest BCUT2D eigenvalue weighted by Gasteiger charge is 2.17. The molecule has 3 rings (SSSR count). The van der Waals surface area contributed by atoms with Crippen molar-refractivity contribution in [2.45, 2.75) is 52.1 Å². The summed E-state index contributed by atoms with van der Waals surface area (Å²) in [5.74, 6) is 0.489. The van der Waals surface area contributed by atoms with E-state index in [-0.39, 0.29) is 18.1 Å². The van der Waals surface area contributed by atoms with Gasteiger partial charge in [-0.2, -0.15) is 9.61 Å². The van der Waals surface area contributed by atoms with Crippen LogP contribution in [0.25, 0.3) is 4.96 Å². The molecule has 0 atom stereocenters. The molecule has 0 bridgehead atoms. The number of fused-ring (bicyclic) bond motifs is 1. The maximum Gasteiger partial charge on any atom is 0.306 e. The Morgan fingerprint density at radius 3 is 3.00 bits per heavy atom. The van der Waals surface area contributed by atoms with Crippen LogP contribution in [0.15, 0.2) is 10.9 Å². The predicted octanol–water partition coefficient (Wildman–Crippen LogP) is 2.47. The molecule has 1 aliphatic rings. The molecule has 0 saturated heterocycles. The average Bonchev–Trinajstić information content (AvgIpc) is 3.11. The van der Waals surface area contributed by atoms with Gasteiger partial charge in [0.2, 0.25) is 4.96 Å². The topological polar surface area (TPSA) is 73.6 Å². The van der Waals surface area contributed by atoms with Crippen molar-refractivity contribution in [2.24, 2.45) is 5.92 Å². The highest BCUT2D eigenvalue weighted by Crippen LogP contribution is 2.28. The summed E-state index contributed by atoms with van der Waals surface area (Å²) in [5, 5.41) is 4.73. The molecule has 2 aromatic heterocycles. The Morgan fingerprint density at radius 1 is 1.45 bits per heavy atom. The minimum atomic E-state index is -0.211. The van der Waals surface area contributed by atoms with Gasteiger partial charge in [0.15, 0.2) is 5.01 Å². The molecular formula is C15H19N3O3S.